The van der Waals surface area contributed by atoms with Crippen molar-refractivity contribution in [3.05, 3.63) is 24.2 Å². The number of aliphatic hydroxyl groups excluding tert-OH is 1. The maximum atomic E-state index is 12.6. The Balaban J connectivity index is 1.59. The van der Waals surface area contributed by atoms with Crippen molar-refractivity contribution in [2.75, 3.05) is 6.54 Å². The lowest BCUT2D eigenvalue weighted by Gasteiger charge is -2.27. The summed E-state index contributed by atoms with van der Waals surface area (Å²) in [5.41, 5.74) is 0. The number of nitrogens with zero attached hydrogens (tertiary/aromatic N) is 1. The third kappa shape index (κ3) is 3.02. The smallest absolute Gasteiger partial charge is 0.243 e. The average Bonchev–Trinajstić information content (AvgIpc) is 3.25. The summed E-state index contributed by atoms with van der Waals surface area (Å²) in [6.45, 7) is 0.928. The molecule has 6 heteroatoms. The zero-order valence-corrected chi connectivity index (χ0v) is 12.5. The van der Waals surface area contributed by atoms with E-state index in [-0.39, 0.29) is 17.7 Å². The van der Waals surface area contributed by atoms with Crippen molar-refractivity contribution in [3.63, 3.8) is 0 Å². The molecular weight excluding hydrogens is 284 g/mol. The van der Waals surface area contributed by atoms with E-state index in [2.05, 4.69) is 5.32 Å². The van der Waals surface area contributed by atoms with Crippen molar-refractivity contribution in [3.8, 4) is 0 Å². The predicted octanol–water partition coefficient (Wildman–Crippen LogP) is 1.05. The molecule has 3 rings (SSSR count). The van der Waals surface area contributed by atoms with Gasteiger partial charge < -0.3 is 19.7 Å². The number of rotatable bonds is 4. The molecule has 2 aliphatic rings. The number of amides is 2. The van der Waals surface area contributed by atoms with Crippen molar-refractivity contribution in [2.45, 2.75) is 50.8 Å². The molecule has 2 heterocycles. The van der Waals surface area contributed by atoms with Gasteiger partial charge in [0, 0.05) is 6.54 Å². The van der Waals surface area contributed by atoms with Gasteiger partial charge in [0.2, 0.25) is 11.8 Å². The lowest BCUT2D eigenvalue weighted by atomic mass is 10.0. The molecule has 22 heavy (non-hydrogen) atoms. The summed E-state index contributed by atoms with van der Waals surface area (Å²) in [5, 5.41) is 12.7. The van der Waals surface area contributed by atoms with Gasteiger partial charge >= 0.3 is 0 Å². The summed E-state index contributed by atoms with van der Waals surface area (Å²) >= 11 is 0. The van der Waals surface area contributed by atoms with Gasteiger partial charge in [0.05, 0.1) is 24.8 Å². The fourth-order valence-electron chi connectivity index (χ4n) is 3.45. The molecule has 0 aromatic carbocycles. The summed E-state index contributed by atoms with van der Waals surface area (Å²) in [4.78, 5) is 26.6. The van der Waals surface area contributed by atoms with Gasteiger partial charge in [-0.15, -0.1) is 0 Å². The maximum absolute atomic E-state index is 12.6. The summed E-state index contributed by atoms with van der Waals surface area (Å²) in [6.07, 6.45) is 4.79. The van der Waals surface area contributed by atoms with Crippen molar-refractivity contribution in [1.82, 2.24) is 10.2 Å². The quantitative estimate of drug-likeness (QED) is 0.871. The van der Waals surface area contributed by atoms with Crippen molar-refractivity contribution < 1.29 is 19.1 Å². The van der Waals surface area contributed by atoms with E-state index in [0.29, 0.717) is 31.7 Å². The molecule has 2 fully saturated rings. The SMILES string of the molecule is O=C(NCc1ccco1)C1CCCN1C(=O)C1CCCC1O. The van der Waals surface area contributed by atoms with Crippen molar-refractivity contribution in [2.24, 2.45) is 5.92 Å². The molecule has 1 aliphatic carbocycles. The topological polar surface area (TPSA) is 82.8 Å². The molecular formula is C16H22N2O4. The van der Waals surface area contributed by atoms with E-state index < -0.39 is 12.1 Å². The van der Waals surface area contributed by atoms with Crippen LogP contribution in [0, 0.1) is 5.92 Å². The third-order valence-electron chi connectivity index (χ3n) is 4.65. The summed E-state index contributed by atoms with van der Waals surface area (Å²) in [5.74, 6) is 0.143. The van der Waals surface area contributed by atoms with Crippen LogP contribution in [0.2, 0.25) is 0 Å². The van der Waals surface area contributed by atoms with Crippen LogP contribution < -0.4 is 5.32 Å². The highest BCUT2D eigenvalue weighted by atomic mass is 16.3. The van der Waals surface area contributed by atoms with Gasteiger partial charge in [0.1, 0.15) is 11.8 Å². The van der Waals surface area contributed by atoms with E-state index in [0.717, 1.165) is 19.3 Å². The maximum Gasteiger partial charge on any atom is 0.243 e. The number of carbonyl (C=O) groups is 2. The molecule has 1 aromatic rings. The number of aliphatic hydroxyl groups is 1. The lowest BCUT2D eigenvalue weighted by Crippen LogP contribution is -2.48. The monoisotopic (exact) mass is 306 g/mol. The normalized spacial score (nSPS) is 28.0. The third-order valence-corrected chi connectivity index (χ3v) is 4.65. The second kappa shape index (κ2) is 6.52. The molecule has 120 valence electrons. The van der Waals surface area contributed by atoms with E-state index in [1.54, 1.807) is 23.3 Å². The summed E-state index contributed by atoms with van der Waals surface area (Å²) in [6, 6.07) is 3.15. The van der Waals surface area contributed by atoms with Gasteiger partial charge in [-0.1, -0.05) is 0 Å². The summed E-state index contributed by atoms with van der Waals surface area (Å²) < 4.78 is 5.19. The highest BCUT2D eigenvalue weighted by molar-refractivity contribution is 5.89. The van der Waals surface area contributed by atoms with E-state index in [1.165, 1.54) is 0 Å². The second-order valence-electron chi connectivity index (χ2n) is 6.09. The number of carbonyl (C=O) groups excluding carboxylic acids is 2. The first-order valence-electron chi connectivity index (χ1n) is 7.95. The number of hydrogen-bond acceptors (Lipinski definition) is 4. The Morgan fingerprint density at radius 3 is 2.86 bits per heavy atom. The Hall–Kier alpha value is -1.82. The number of hydrogen-bond donors (Lipinski definition) is 2. The molecule has 1 saturated heterocycles. The Labute approximate surface area is 129 Å². The molecule has 0 bridgehead atoms. The number of furan rings is 1. The number of nitrogens with one attached hydrogen (secondary N) is 1. The van der Waals surface area contributed by atoms with E-state index in [1.807, 2.05) is 0 Å². The van der Waals surface area contributed by atoms with Crippen LogP contribution in [0.15, 0.2) is 22.8 Å². The molecule has 3 atom stereocenters. The van der Waals surface area contributed by atoms with Crippen molar-refractivity contribution >= 4 is 11.8 Å². The van der Waals surface area contributed by atoms with Crippen LogP contribution in [-0.2, 0) is 16.1 Å². The van der Waals surface area contributed by atoms with Crippen LogP contribution in [0.3, 0.4) is 0 Å². The van der Waals surface area contributed by atoms with Gasteiger partial charge in [0.15, 0.2) is 0 Å². The highest BCUT2D eigenvalue weighted by Gasteiger charge is 2.40. The second-order valence-corrected chi connectivity index (χ2v) is 6.09. The van der Waals surface area contributed by atoms with E-state index in [9.17, 15) is 14.7 Å². The number of likely N-dealkylation sites (tertiary alicyclic amines) is 1. The average molecular weight is 306 g/mol. The molecule has 0 spiro atoms. The minimum atomic E-state index is -0.556. The molecule has 1 saturated carbocycles. The Morgan fingerprint density at radius 2 is 2.18 bits per heavy atom. The van der Waals surface area contributed by atoms with Crippen LogP contribution in [0.1, 0.15) is 37.9 Å². The largest absolute Gasteiger partial charge is 0.467 e. The zero-order chi connectivity index (χ0) is 15.5. The van der Waals surface area contributed by atoms with E-state index in [4.69, 9.17) is 4.42 Å². The first kappa shape index (κ1) is 15.1. The van der Waals surface area contributed by atoms with Crippen LogP contribution in [0.25, 0.3) is 0 Å². The minimum Gasteiger partial charge on any atom is -0.467 e. The van der Waals surface area contributed by atoms with Gasteiger partial charge in [-0.2, -0.15) is 0 Å². The van der Waals surface area contributed by atoms with Gasteiger partial charge in [-0.05, 0) is 44.2 Å². The van der Waals surface area contributed by atoms with E-state index >= 15 is 0 Å². The molecule has 1 aliphatic heterocycles. The van der Waals surface area contributed by atoms with Gasteiger partial charge in [-0.25, -0.2) is 0 Å². The Morgan fingerprint density at radius 1 is 1.32 bits per heavy atom. The molecule has 6 nitrogen and oxygen atoms in total. The van der Waals surface area contributed by atoms with Crippen molar-refractivity contribution in [1.29, 1.82) is 0 Å². The molecule has 3 unspecified atom stereocenters. The van der Waals surface area contributed by atoms with Gasteiger partial charge in [-0.3, -0.25) is 9.59 Å². The fourth-order valence-corrected chi connectivity index (χ4v) is 3.45. The Kier molecular flexibility index (Phi) is 4.47. The molecule has 2 N–H and O–H groups in total. The highest BCUT2D eigenvalue weighted by Crippen LogP contribution is 2.30. The van der Waals surface area contributed by atoms with Crippen LogP contribution in [0.4, 0.5) is 0 Å². The standard InChI is InChI=1S/C16H22N2O4/c19-14-7-1-5-12(14)16(21)18-8-2-6-13(18)15(20)17-10-11-4-3-9-22-11/h3-4,9,12-14,19H,1-2,5-8,10H2,(H,17,20). The van der Waals surface area contributed by atoms with Crippen LogP contribution in [-0.4, -0.2) is 40.5 Å². The lowest BCUT2D eigenvalue weighted by molar-refractivity contribution is -0.143. The Bertz CT molecular complexity index is 528. The minimum absolute atomic E-state index is 0.0688. The van der Waals surface area contributed by atoms with Crippen LogP contribution >= 0.6 is 0 Å². The molecule has 2 amide bonds. The zero-order valence-electron chi connectivity index (χ0n) is 12.5. The molecule has 0 radical (unpaired) electrons. The first-order chi connectivity index (χ1) is 10.7. The fraction of sp³-hybridized carbons (Fsp3) is 0.625. The predicted molar refractivity (Wildman–Crippen MR) is 78.6 cm³/mol. The summed E-state index contributed by atoms with van der Waals surface area (Å²) in [7, 11) is 0. The molecule has 1 aromatic heterocycles. The van der Waals surface area contributed by atoms with Gasteiger partial charge in [0.25, 0.3) is 0 Å². The first-order valence-corrected chi connectivity index (χ1v) is 7.95. The van der Waals surface area contributed by atoms with Crippen LogP contribution in [0.5, 0.6) is 0 Å².